The predicted molar refractivity (Wildman–Crippen MR) is 563 cm³/mol. The summed E-state index contributed by atoms with van der Waals surface area (Å²) in [6.45, 7) is 30.6. The largest absolute Gasteiger partial charge is 1.00 e. The zero-order valence-corrected chi connectivity index (χ0v) is 90.8. The number of carbonyl (C=O) groups is 1. The number of carbonyl (C=O) groups excluding carboxylic acids is 1. The first kappa shape index (κ1) is 119. The van der Waals surface area contributed by atoms with Crippen LogP contribution in [0.1, 0.15) is 204 Å². The molecule has 135 heavy (non-hydrogen) atoms. The summed E-state index contributed by atoms with van der Waals surface area (Å²) in [7, 11) is 0. The minimum atomic E-state index is -3.22. The van der Waals surface area contributed by atoms with E-state index in [1.54, 1.807) is 92.0 Å². The molecule has 0 amide bonds. The van der Waals surface area contributed by atoms with Crippen LogP contribution in [0.3, 0.4) is 0 Å². The smallest absolute Gasteiger partial charge is 1.00 e. The van der Waals surface area contributed by atoms with Gasteiger partial charge in [-0.3, -0.25) is 28.5 Å². The van der Waals surface area contributed by atoms with Crippen LogP contribution in [0.15, 0.2) is 116 Å². The van der Waals surface area contributed by atoms with Crippen LogP contribution in [-0.2, 0) is 45.0 Å². The average Bonchev–Trinajstić information content (AvgIpc) is 1.54. The van der Waals surface area contributed by atoms with Crippen LogP contribution in [0.25, 0.3) is 67.1 Å². The molecule has 0 saturated carbocycles. The third-order valence-electron chi connectivity index (χ3n) is 22.1. The Labute approximate surface area is 897 Å². The van der Waals surface area contributed by atoms with Crippen LogP contribution in [0.5, 0.6) is 0 Å². The van der Waals surface area contributed by atoms with Crippen LogP contribution in [0, 0.1) is 27.7 Å². The molecule has 0 unspecified atom stereocenters. The Kier molecular flexibility index (Phi) is 50.4. The SMILES string of the molecule is C1CCOC1.CCCC(CCC)N1CCn2c(=O)c(-c3ccc(Cl)cc3Cl)c3nc(C)cc1n32.CCCC(CCC)Nc1cc(C)nc2c(-c3ccc(Cl)cc3Cl)c(=O)n(CC(=O)OCC)n12.CCCC(CCC)Nc1cc(C)nc2c(-c3ccc(Cl)cc3Cl)c(=O)n(CCCl)n12.CCCC(CCC)Nc1cc(C)nc2c(-c3ccc(Cl)cc3Cl)c(=O)n(CCO)n12.O=P(Cl)(Cl)Cl.[AlH3].[H-].[H-].[Li+].[Na+]. The number of hydrogen-bond donors (Lipinski definition) is 4. The van der Waals surface area contributed by atoms with Gasteiger partial charge in [-0.05, 0) is 181 Å². The van der Waals surface area contributed by atoms with Crippen molar-refractivity contribution < 1.29 is 75.2 Å². The van der Waals surface area contributed by atoms with E-state index in [0.717, 1.165) is 163 Å². The number of benzene rings is 4. The molecule has 728 valence electrons. The summed E-state index contributed by atoms with van der Waals surface area (Å²) in [4.78, 5) is 87.5. The van der Waals surface area contributed by atoms with E-state index in [1.165, 1.54) is 22.2 Å². The second-order valence-corrected chi connectivity index (χ2v) is 42.8. The topological polar surface area (TPSA) is 269 Å². The van der Waals surface area contributed by atoms with Gasteiger partial charge in [0.05, 0.1) is 75.2 Å². The van der Waals surface area contributed by atoms with Gasteiger partial charge in [0.15, 0.2) is 39.9 Å². The van der Waals surface area contributed by atoms with Gasteiger partial charge < -0.3 is 38.3 Å². The Bertz CT molecular complexity index is 6070. The molecule has 2 aliphatic heterocycles. The molecule has 25 nitrogen and oxygen atoms in total. The van der Waals surface area contributed by atoms with Crippen molar-refractivity contribution in [1.82, 2.24) is 56.7 Å². The summed E-state index contributed by atoms with van der Waals surface area (Å²) in [5.74, 6) is 3.16. The first-order valence-electron chi connectivity index (χ1n) is 45.1. The van der Waals surface area contributed by atoms with E-state index in [0.29, 0.717) is 144 Å². The summed E-state index contributed by atoms with van der Waals surface area (Å²) in [6.07, 6.45) is 19.6. The molecule has 10 heterocycles. The fourth-order valence-corrected chi connectivity index (χ4v) is 18.9. The number of alkyl halides is 1. The van der Waals surface area contributed by atoms with E-state index < -0.39 is 11.2 Å². The van der Waals surface area contributed by atoms with Gasteiger partial charge in [0.25, 0.3) is 22.2 Å². The summed E-state index contributed by atoms with van der Waals surface area (Å²) >= 11 is 70.0. The van der Waals surface area contributed by atoms with Crippen molar-refractivity contribution in [1.29, 1.82) is 0 Å². The molecule has 4 aromatic carbocycles. The molecule has 8 aromatic heterocycles. The van der Waals surface area contributed by atoms with Crippen molar-refractivity contribution in [2.45, 2.75) is 256 Å². The van der Waals surface area contributed by atoms with Gasteiger partial charge in [-0.2, -0.15) is 0 Å². The fraction of sp³-hybridized carbons (Fsp3) is 0.479. The van der Waals surface area contributed by atoms with Gasteiger partial charge in [-0.25, -0.2) is 56.7 Å². The fourth-order valence-electron chi connectivity index (χ4n) is 16.7. The van der Waals surface area contributed by atoms with E-state index in [4.69, 9.17) is 124 Å². The Hall–Kier alpha value is -5.01. The zero-order chi connectivity index (χ0) is 96.5. The number of aliphatic hydroxyl groups excluding tert-OH is 1. The third kappa shape index (κ3) is 31.3. The average molecular weight is 2140 g/mol. The van der Waals surface area contributed by atoms with Gasteiger partial charge in [-0.1, -0.05) is 224 Å². The van der Waals surface area contributed by atoms with Crippen LogP contribution >= 0.6 is 143 Å². The minimum Gasteiger partial charge on any atom is -1.00 e. The molecule has 0 aliphatic carbocycles. The molecule has 14 rings (SSSR count). The van der Waals surface area contributed by atoms with Gasteiger partial charge in [0, 0.05) is 139 Å². The number of rotatable bonds is 34. The minimum absolute atomic E-state index is 0. The normalized spacial score (nSPS) is 12.2. The van der Waals surface area contributed by atoms with Crippen molar-refractivity contribution in [3.63, 3.8) is 0 Å². The Morgan fingerprint density at radius 3 is 1.06 bits per heavy atom. The first-order valence-corrected chi connectivity index (χ1v) is 53.1. The Morgan fingerprint density at radius 2 is 0.763 bits per heavy atom. The quantitative estimate of drug-likeness (QED) is 0.0126. The summed E-state index contributed by atoms with van der Waals surface area (Å²) in [5, 5.41) is 20.8. The monoisotopic (exact) mass is 2130 g/mol. The molecule has 0 radical (unpaired) electrons. The number of aromatic nitrogens is 12. The Morgan fingerprint density at radius 1 is 0.459 bits per heavy atom. The zero-order valence-electron chi connectivity index (χ0n) is 80.9. The maximum absolute atomic E-state index is 13.6. The van der Waals surface area contributed by atoms with E-state index in [2.05, 4.69) is 126 Å². The van der Waals surface area contributed by atoms with E-state index in [1.807, 2.05) is 61.0 Å². The number of hydrogen-bond acceptors (Lipinski definition) is 17. The second kappa shape index (κ2) is 57.3. The summed E-state index contributed by atoms with van der Waals surface area (Å²) < 4.78 is 33.1. The van der Waals surface area contributed by atoms with E-state index in [-0.39, 0.29) is 129 Å². The number of ether oxygens (including phenoxy) is 2. The van der Waals surface area contributed by atoms with Crippen LogP contribution in [-0.4, -0.2) is 148 Å². The molecule has 1 saturated heterocycles. The van der Waals surface area contributed by atoms with Gasteiger partial charge in [0.1, 0.15) is 29.8 Å². The molecule has 1 fully saturated rings. The molecule has 0 bridgehead atoms. The van der Waals surface area contributed by atoms with Crippen molar-refractivity contribution in [3.05, 3.63) is 201 Å². The number of nitrogens with one attached hydrogen (secondary N) is 3. The van der Waals surface area contributed by atoms with Crippen molar-refractivity contribution in [3.8, 4) is 44.5 Å². The number of nitrogens with zero attached hydrogens (tertiary/aromatic N) is 13. The maximum atomic E-state index is 13.6. The molecule has 0 atom stereocenters. The first-order chi connectivity index (χ1) is 63.1. The predicted octanol–water partition coefficient (Wildman–Crippen LogP) is 19.5. The van der Waals surface area contributed by atoms with Crippen LogP contribution in [0.2, 0.25) is 40.2 Å². The number of fused-ring (bicyclic) bond motifs is 3. The van der Waals surface area contributed by atoms with Crippen molar-refractivity contribution in [2.24, 2.45) is 0 Å². The maximum Gasteiger partial charge on any atom is 1.00 e. The number of halogens is 12. The standard InChI is InChI=1S/C24H30Cl2N4O3.C22H27Cl3N4O.C22H28Cl2N4O2.C22H26Cl2N4O.C4H8O.Al.Cl3OP.Li.Na.5H/c1-5-8-17(9-6-2)28-20-12-15(4)27-23-22(18-11-10-16(25)13-19(18)26)24(32)29(30(20)23)14-21(31)33-7-3;1-4-6-16(7-5-2)27-19-12-14(3)26-21-20(17-9-8-15(24)13-18(17)25)22(30)28(11-10-23)29(19)21;1-4-6-16(7-5-2)26-19-12-14(3)25-21-20(17-9-8-15(23)13-18(17)24)22(30)27(10-11-29)28(19)21;1-4-6-16(7-5-2)26-10-11-27-22(29)20(17-9-8-15(23)13-18(17)24)21-25-14(3)12-19(26)28(21)27;1-2-4-5-3-1;;1-5(2,3)4;;;;;;;/h10-13,17,28H,5-9,14H2,1-4H3;8-9,12-13,16,27H,4-7,10-11H2,1-3H3;8-9,12-13,16,26,29H,4-7,10-11H2,1-3H3;8-9,12-13,16H,4-7,10-11H2,1-3H3;1-4H2;;;;;;;;;/q;;;;;;;2*+1;;;;2*-1. The molecule has 4 N–H and O–H groups in total. The Balaban J connectivity index is 0.000000364. The number of esters is 1. The molecule has 2 aliphatic rings. The van der Waals surface area contributed by atoms with Crippen molar-refractivity contribution in [2.75, 3.05) is 59.7 Å². The second-order valence-electron chi connectivity index (χ2n) is 32.4. The molecule has 41 heteroatoms. The molecular formula is C94H124AlCl12LiN16NaO9P. The summed E-state index contributed by atoms with van der Waals surface area (Å²) in [5.41, 5.74) is 8.59. The third-order valence-corrected chi connectivity index (χ3v) is 24.5. The number of anilines is 4. The van der Waals surface area contributed by atoms with E-state index in [9.17, 15) is 33.6 Å². The van der Waals surface area contributed by atoms with Crippen molar-refractivity contribution >= 4 is 213 Å². The van der Waals surface area contributed by atoms with Gasteiger partial charge >= 0.3 is 59.6 Å². The molecule has 12 aromatic rings. The van der Waals surface area contributed by atoms with Crippen LogP contribution in [0.4, 0.5) is 23.3 Å². The van der Waals surface area contributed by atoms with Crippen LogP contribution < -0.4 is 91.5 Å². The number of aliphatic hydroxyl groups is 1. The van der Waals surface area contributed by atoms with Gasteiger partial charge in [-0.15, -0.1) is 11.6 Å². The van der Waals surface area contributed by atoms with E-state index >= 15 is 0 Å². The summed E-state index contributed by atoms with van der Waals surface area (Å²) in [6, 6.07) is 29.6. The molecule has 0 spiro atoms. The van der Waals surface area contributed by atoms with Gasteiger partial charge in [0.2, 0.25) is 0 Å². The molecular weight excluding hydrogens is 2010 g/mol. The number of aryl methyl sites for hydroxylation is 5.